The average Bonchev–Trinajstić information content (AvgIpc) is 2.46. The number of nitrogens with two attached hydrogens (primary N) is 1. The standard InChI is InChI=1S/C15H15N3O2/c1-11(17-18-15(16)19)12-7-9-14(10-8-12)20-13-5-3-2-4-6-13/h2-10H,1H3,(H3,16,18,19)/b17-11+. The third-order valence-corrected chi connectivity index (χ3v) is 2.58. The molecule has 20 heavy (non-hydrogen) atoms. The van der Waals surface area contributed by atoms with Crippen molar-refractivity contribution in [2.45, 2.75) is 6.92 Å². The van der Waals surface area contributed by atoms with Crippen molar-refractivity contribution in [1.82, 2.24) is 5.43 Å². The highest BCUT2D eigenvalue weighted by atomic mass is 16.5. The topological polar surface area (TPSA) is 76.7 Å². The molecule has 0 atom stereocenters. The van der Waals surface area contributed by atoms with Gasteiger partial charge >= 0.3 is 6.03 Å². The smallest absolute Gasteiger partial charge is 0.332 e. The molecule has 0 radical (unpaired) electrons. The molecule has 0 aliphatic heterocycles. The van der Waals surface area contributed by atoms with Crippen molar-refractivity contribution in [3.63, 3.8) is 0 Å². The maximum atomic E-state index is 10.6. The highest BCUT2D eigenvalue weighted by molar-refractivity contribution is 5.99. The van der Waals surface area contributed by atoms with Crippen molar-refractivity contribution in [3.8, 4) is 11.5 Å². The molecule has 0 bridgehead atoms. The lowest BCUT2D eigenvalue weighted by atomic mass is 10.1. The largest absolute Gasteiger partial charge is 0.457 e. The van der Waals surface area contributed by atoms with E-state index in [-0.39, 0.29) is 0 Å². The number of hydrazone groups is 1. The fourth-order valence-corrected chi connectivity index (χ4v) is 1.59. The summed E-state index contributed by atoms with van der Waals surface area (Å²) in [5.74, 6) is 1.51. The van der Waals surface area contributed by atoms with E-state index in [1.54, 1.807) is 6.92 Å². The number of nitrogens with one attached hydrogen (secondary N) is 1. The van der Waals surface area contributed by atoms with Crippen LogP contribution in [0.2, 0.25) is 0 Å². The second-order valence-corrected chi connectivity index (χ2v) is 4.11. The van der Waals surface area contributed by atoms with Gasteiger partial charge < -0.3 is 10.5 Å². The average molecular weight is 269 g/mol. The monoisotopic (exact) mass is 269 g/mol. The number of ether oxygens (including phenoxy) is 1. The molecule has 2 rings (SSSR count). The minimum atomic E-state index is -0.687. The van der Waals surface area contributed by atoms with Crippen LogP contribution in [-0.2, 0) is 0 Å². The van der Waals surface area contributed by atoms with E-state index in [1.165, 1.54) is 0 Å². The SMILES string of the molecule is C/C(=N\NC(N)=O)c1ccc(Oc2ccccc2)cc1. The molecule has 5 nitrogen and oxygen atoms in total. The zero-order valence-corrected chi connectivity index (χ0v) is 11.0. The van der Waals surface area contributed by atoms with Crippen molar-refractivity contribution >= 4 is 11.7 Å². The summed E-state index contributed by atoms with van der Waals surface area (Å²) in [6.45, 7) is 1.78. The van der Waals surface area contributed by atoms with Gasteiger partial charge in [0.1, 0.15) is 11.5 Å². The Morgan fingerprint density at radius 3 is 2.25 bits per heavy atom. The lowest BCUT2D eigenvalue weighted by Gasteiger charge is -2.06. The van der Waals surface area contributed by atoms with Crippen LogP contribution in [0.15, 0.2) is 59.7 Å². The van der Waals surface area contributed by atoms with Gasteiger partial charge in [-0.1, -0.05) is 18.2 Å². The van der Waals surface area contributed by atoms with Crippen LogP contribution in [0.4, 0.5) is 4.79 Å². The number of rotatable bonds is 4. The second kappa shape index (κ2) is 6.38. The van der Waals surface area contributed by atoms with Gasteiger partial charge in [0.2, 0.25) is 0 Å². The summed E-state index contributed by atoms with van der Waals surface area (Å²) >= 11 is 0. The molecule has 0 saturated carbocycles. The molecule has 2 aromatic carbocycles. The summed E-state index contributed by atoms with van der Waals surface area (Å²) in [5, 5.41) is 3.86. The lowest BCUT2D eigenvalue weighted by molar-refractivity contribution is 0.249. The number of hydrogen-bond donors (Lipinski definition) is 2. The zero-order valence-electron chi connectivity index (χ0n) is 11.0. The van der Waals surface area contributed by atoms with Crippen molar-refractivity contribution in [2.24, 2.45) is 10.8 Å². The fraction of sp³-hybridized carbons (Fsp3) is 0.0667. The lowest BCUT2D eigenvalue weighted by Crippen LogP contribution is -2.25. The number of amides is 2. The van der Waals surface area contributed by atoms with Crippen LogP contribution < -0.4 is 15.9 Å². The van der Waals surface area contributed by atoms with Crippen molar-refractivity contribution in [3.05, 3.63) is 60.2 Å². The Morgan fingerprint density at radius 1 is 1.05 bits per heavy atom. The Hall–Kier alpha value is -2.82. The van der Waals surface area contributed by atoms with Crippen LogP contribution in [0.1, 0.15) is 12.5 Å². The molecule has 0 spiro atoms. The van der Waals surface area contributed by atoms with Gasteiger partial charge in [0, 0.05) is 0 Å². The highest BCUT2D eigenvalue weighted by Gasteiger charge is 2.00. The summed E-state index contributed by atoms with van der Waals surface area (Å²) in [5.41, 5.74) is 8.68. The number of carbonyl (C=O) groups is 1. The first-order valence-corrected chi connectivity index (χ1v) is 6.08. The third-order valence-electron chi connectivity index (χ3n) is 2.58. The van der Waals surface area contributed by atoms with Gasteiger partial charge in [0.05, 0.1) is 5.71 Å². The normalized spacial score (nSPS) is 10.9. The van der Waals surface area contributed by atoms with E-state index in [1.807, 2.05) is 54.6 Å². The van der Waals surface area contributed by atoms with Crippen LogP contribution in [0, 0.1) is 0 Å². The summed E-state index contributed by atoms with van der Waals surface area (Å²) in [6.07, 6.45) is 0. The molecule has 0 aliphatic rings. The molecule has 0 aliphatic carbocycles. The molecular weight excluding hydrogens is 254 g/mol. The molecule has 5 heteroatoms. The van der Waals surface area contributed by atoms with Crippen molar-refractivity contribution in [1.29, 1.82) is 0 Å². The number of benzene rings is 2. The van der Waals surface area contributed by atoms with Crippen LogP contribution in [0.5, 0.6) is 11.5 Å². The van der Waals surface area contributed by atoms with Crippen LogP contribution in [0.25, 0.3) is 0 Å². The second-order valence-electron chi connectivity index (χ2n) is 4.11. The summed E-state index contributed by atoms with van der Waals surface area (Å²) in [7, 11) is 0. The molecule has 102 valence electrons. The first-order valence-electron chi connectivity index (χ1n) is 6.08. The number of nitrogens with zero attached hydrogens (tertiary/aromatic N) is 1. The molecule has 0 fully saturated rings. The van der Waals surface area contributed by atoms with Gasteiger partial charge in [-0.05, 0) is 48.9 Å². The number of urea groups is 1. The van der Waals surface area contributed by atoms with E-state index >= 15 is 0 Å². The van der Waals surface area contributed by atoms with E-state index < -0.39 is 6.03 Å². The minimum Gasteiger partial charge on any atom is -0.457 e. The van der Waals surface area contributed by atoms with Crippen LogP contribution >= 0.6 is 0 Å². The molecule has 2 amide bonds. The zero-order chi connectivity index (χ0) is 14.4. The molecule has 0 saturated heterocycles. The molecule has 0 heterocycles. The van der Waals surface area contributed by atoms with Gasteiger partial charge in [-0.25, -0.2) is 10.2 Å². The van der Waals surface area contributed by atoms with Crippen LogP contribution in [-0.4, -0.2) is 11.7 Å². The fourth-order valence-electron chi connectivity index (χ4n) is 1.59. The molecule has 2 aromatic rings. The molecule has 3 N–H and O–H groups in total. The maximum Gasteiger partial charge on any atom is 0.332 e. The van der Waals surface area contributed by atoms with E-state index in [0.717, 1.165) is 17.1 Å². The summed E-state index contributed by atoms with van der Waals surface area (Å²) in [6, 6.07) is 16.2. The first kappa shape index (κ1) is 13.6. The van der Waals surface area contributed by atoms with Gasteiger partial charge in [-0.15, -0.1) is 0 Å². The Bertz CT molecular complexity index is 607. The molecule has 0 unspecified atom stereocenters. The molecule has 0 aromatic heterocycles. The predicted molar refractivity (Wildman–Crippen MR) is 77.9 cm³/mol. The van der Waals surface area contributed by atoms with Crippen molar-refractivity contribution < 1.29 is 9.53 Å². The number of para-hydroxylation sites is 1. The Labute approximate surface area is 117 Å². The summed E-state index contributed by atoms with van der Waals surface area (Å²) in [4.78, 5) is 10.6. The first-order chi connectivity index (χ1) is 9.65. The number of primary amides is 1. The Morgan fingerprint density at radius 2 is 1.65 bits per heavy atom. The quantitative estimate of drug-likeness (QED) is 0.661. The number of carbonyl (C=O) groups excluding carboxylic acids is 1. The maximum absolute atomic E-state index is 10.6. The van der Waals surface area contributed by atoms with Gasteiger partial charge in [0.15, 0.2) is 0 Å². The number of hydrogen-bond acceptors (Lipinski definition) is 3. The van der Waals surface area contributed by atoms with E-state index in [9.17, 15) is 4.79 Å². The third kappa shape index (κ3) is 3.84. The summed E-state index contributed by atoms with van der Waals surface area (Å²) < 4.78 is 5.68. The highest BCUT2D eigenvalue weighted by Crippen LogP contribution is 2.21. The predicted octanol–water partition coefficient (Wildman–Crippen LogP) is 2.87. The van der Waals surface area contributed by atoms with Gasteiger partial charge in [0.25, 0.3) is 0 Å². The van der Waals surface area contributed by atoms with Gasteiger partial charge in [-0.2, -0.15) is 5.10 Å². The van der Waals surface area contributed by atoms with Crippen LogP contribution in [0.3, 0.4) is 0 Å². The van der Waals surface area contributed by atoms with Crippen molar-refractivity contribution in [2.75, 3.05) is 0 Å². The molecular formula is C15H15N3O2. The van der Waals surface area contributed by atoms with E-state index in [4.69, 9.17) is 10.5 Å². The Kier molecular flexibility index (Phi) is 4.34. The Balaban J connectivity index is 2.06. The van der Waals surface area contributed by atoms with E-state index in [2.05, 4.69) is 10.5 Å². The van der Waals surface area contributed by atoms with E-state index in [0.29, 0.717) is 5.71 Å². The van der Waals surface area contributed by atoms with Gasteiger partial charge in [-0.3, -0.25) is 0 Å². The minimum absolute atomic E-state index is 0.662.